The molecule has 1 heterocycles. The summed E-state index contributed by atoms with van der Waals surface area (Å²) in [6.45, 7) is 1.34. The van der Waals surface area contributed by atoms with Crippen molar-refractivity contribution in [3.05, 3.63) is 11.9 Å². The standard InChI is InChI=1S/C11H17F3N4O3/c1-19-3-2-4-20-5-6-21-9-7-8(18-15)16-10(17-9)11(12,13)14/h7H,2-6,15H2,1H3,(H,16,17,18). The maximum atomic E-state index is 12.6. The minimum absolute atomic E-state index is 0.0608. The molecule has 120 valence electrons. The number of nitrogens with one attached hydrogen (secondary N) is 1. The molecule has 0 amide bonds. The number of aromatic nitrogens is 2. The zero-order valence-electron chi connectivity index (χ0n) is 11.4. The number of anilines is 1. The Morgan fingerprint density at radius 1 is 1.19 bits per heavy atom. The number of halogens is 3. The lowest BCUT2D eigenvalue weighted by atomic mass is 10.5. The molecule has 0 saturated carbocycles. The molecule has 1 aromatic heterocycles. The van der Waals surface area contributed by atoms with E-state index in [0.29, 0.717) is 13.2 Å². The van der Waals surface area contributed by atoms with E-state index in [-0.39, 0.29) is 24.9 Å². The first-order valence-corrected chi connectivity index (χ1v) is 6.09. The Morgan fingerprint density at radius 3 is 2.57 bits per heavy atom. The SMILES string of the molecule is COCCCOCCOc1cc(NN)nc(C(F)(F)F)n1. The number of nitrogens with two attached hydrogens (primary N) is 1. The van der Waals surface area contributed by atoms with Crippen molar-refractivity contribution >= 4 is 5.82 Å². The van der Waals surface area contributed by atoms with Crippen LogP contribution < -0.4 is 16.0 Å². The van der Waals surface area contributed by atoms with Crippen LogP contribution in [0.25, 0.3) is 0 Å². The maximum absolute atomic E-state index is 12.6. The third kappa shape index (κ3) is 6.56. The van der Waals surface area contributed by atoms with Crippen molar-refractivity contribution in [3.8, 4) is 5.88 Å². The van der Waals surface area contributed by atoms with E-state index in [0.717, 1.165) is 6.42 Å². The van der Waals surface area contributed by atoms with Crippen LogP contribution in [0.2, 0.25) is 0 Å². The summed E-state index contributed by atoms with van der Waals surface area (Å²) in [4.78, 5) is 6.47. The van der Waals surface area contributed by atoms with E-state index in [1.54, 1.807) is 7.11 Å². The van der Waals surface area contributed by atoms with E-state index >= 15 is 0 Å². The van der Waals surface area contributed by atoms with Gasteiger partial charge in [-0.1, -0.05) is 0 Å². The molecule has 1 rings (SSSR count). The van der Waals surface area contributed by atoms with Gasteiger partial charge in [-0.2, -0.15) is 18.2 Å². The predicted molar refractivity (Wildman–Crippen MR) is 67.7 cm³/mol. The Labute approximate surface area is 119 Å². The molecule has 0 aliphatic rings. The summed E-state index contributed by atoms with van der Waals surface area (Å²) in [7, 11) is 1.58. The molecular formula is C11H17F3N4O3. The van der Waals surface area contributed by atoms with Gasteiger partial charge in [0.2, 0.25) is 11.7 Å². The monoisotopic (exact) mass is 310 g/mol. The minimum Gasteiger partial charge on any atom is -0.475 e. The first-order valence-electron chi connectivity index (χ1n) is 6.09. The molecule has 0 aliphatic heterocycles. The van der Waals surface area contributed by atoms with Crippen LogP contribution in [0, 0.1) is 0 Å². The molecule has 0 bridgehead atoms. The first-order chi connectivity index (χ1) is 9.97. The lowest BCUT2D eigenvalue weighted by Crippen LogP contribution is -2.17. The van der Waals surface area contributed by atoms with Gasteiger partial charge in [-0.25, -0.2) is 10.8 Å². The molecule has 0 aromatic carbocycles. The zero-order chi connectivity index (χ0) is 15.7. The van der Waals surface area contributed by atoms with Crippen LogP contribution >= 0.6 is 0 Å². The highest BCUT2D eigenvalue weighted by Crippen LogP contribution is 2.28. The second-order valence-corrected chi connectivity index (χ2v) is 3.86. The number of nitrogen functional groups attached to an aromatic ring is 1. The summed E-state index contributed by atoms with van der Waals surface area (Å²) in [5.41, 5.74) is 2.03. The van der Waals surface area contributed by atoms with Crippen molar-refractivity contribution in [1.29, 1.82) is 0 Å². The fraction of sp³-hybridized carbons (Fsp3) is 0.636. The van der Waals surface area contributed by atoms with Crippen molar-refractivity contribution in [2.45, 2.75) is 12.6 Å². The van der Waals surface area contributed by atoms with E-state index < -0.39 is 12.0 Å². The molecular weight excluding hydrogens is 293 g/mol. The highest BCUT2D eigenvalue weighted by atomic mass is 19.4. The molecule has 0 aliphatic carbocycles. The Kier molecular flexibility index (Phi) is 7.12. The van der Waals surface area contributed by atoms with Crippen molar-refractivity contribution in [2.24, 2.45) is 5.84 Å². The fourth-order valence-electron chi connectivity index (χ4n) is 1.31. The molecule has 0 unspecified atom stereocenters. The quantitative estimate of drug-likeness (QED) is 0.402. The Morgan fingerprint density at radius 2 is 1.95 bits per heavy atom. The van der Waals surface area contributed by atoms with Crippen molar-refractivity contribution in [1.82, 2.24) is 9.97 Å². The van der Waals surface area contributed by atoms with Crippen LogP contribution in [0.4, 0.5) is 19.0 Å². The Balaban J connectivity index is 2.47. The van der Waals surface area contributed by atoms with Gasteiger partial charge in [0.15, 0.2) is 0 Å². The van der Waals surface area contributed by atoms with Crippen LogP contribution in [0.1, 0.15) is 12.2 Å². The van der Waals surface area contributed by atoms with Gasteiger partial charge in [-0.15, -0.1) is 0 Å². The summed E-state index contributed by atoms with van der Waals surface area (Å²) in [5, 5.41) is 0. The molecule has 21 heavy (non-hydrogen) atoms. The predicted octanol–water partition coefficient (Wildman–Crippen LogP) is 1.21. The molecule has 0 spiro atoms. The molecule has 7 nitrogen and oxygen atoms in total. The summed E-state index contributed by atoms with van der Waals surface area (Å²) < 4.78 is 52.8. The molecule has 0 fully saturated rings. The molecule has 0 atom stereocenters. The number of hydrogen-bond donors (Lipinski definition) is 2. The van der Waals surface area contributed by atoms with Crippen LogP contribution in [0.3, 0.4) is 0 Å². The third-order valence-electron chi connectivity index (χ3n) is 2.22. The number of methoxy groups -OCH3 is 1. The molecule has 10 heteroatoms. The van der Waals surface area contributed by atoms with Gasteiger partial charge >= 0.3 is 6.18 Å². The van der Waals surface area contributed by atoms with E-state index in [9.17, 15) is 13.2 Å². The number of rotatable bonds is 9. The highest BCUT2D eigenvalue weighted by molar-refractivity contribution is 5.37. The largest absolute Gasteiger partial charge is 0.475 e. The van der Waals surface area contributed by atoms with Crippen molar-refractivity contribution < 1.29 is 27.4 Å². The minimum atomic E-state index is -4.68. The average Bonchev–Trinajstić information content (AvgIpc) is 2.45. The van der Waals surface area contributed by atoms with E-state index in [1.165, 1.54) is 6.07 Å². The number of hydrogen-bond acceptors (Lipinski definition) is 7. The lowest BCUT2D eigenvalue weighted by molar-refractivity contribution is -0.145. The highest BCUT2D eigenvalue weighted by Gasteiger charge is 2.35. The number of hydrazine groups is 1. The molecule has 0 radical (unpaired) electrons. The van der Waals surface area contributed by atoms with Crippen LogP contribution in [-0.4, -0.2) is 43.5 Å². The van der Waals surface area contributed by atoms with Gasteiger partial charge in [-0.05, 0) is 6.42 Å². The summed E-state index contributed by atoms with van der Waals surface area (Å²) in [6, 6.07) is 1.17. The van der Waals surface area contributed by atoms with E-state index in [4.69, 9.17) is 20.1 Å². The Hall–Kier alpha value is -1.65. The number of nitrogens with zero attached hydrogens (tertiary/aromatic N) is 2. The number of ether oxygens (including phenoxy) is 3. The average molecular weight is 310 g/mol. The third-order valence-corrected chi connectivity index (χ3v) is 2.22. The topological polar surface area (TPSA) is 91.5 Å². The van der Waals surface area contributed by atoms with Gasteiger partial charge in [0, 0.05) is 26.4 Å². The van der Waals surface area contributed by atoms with E-state index in [1.807, 2.05) is 5.43 Å². The van der Waals surface area contributed by atoms with Gasteiger partial charge in [0.1, 0.15) is 12.4 Å². The Bertz CT molecular complexity index is 432. The smallest absolute Gasteiger partial charge is 0.451 e. The fourth-order valence-corrected chi connectivity index (χ4v) is 1.31. The van der Waals surface area contributed by atoms with Gasteiger partial charge < -0.3 is 19.6 Å². The molecule has 3 N–H and O–H groups in total. The van der Waals surface area contributed by atoms with Crippen LogP contribution in [0.15, 0.2) is 6.07 Å². The second kappa shape index (κ2) is 8.60. The van der Waals surface area contributed by atoms with Crippen molar-refractivity contribution in [2.75, 3.05) is 39.0 Å². The normalized spacial score (nSPS) is 11.5. The zero-order valence-corrected chi connectivity index (χ0v) is 11.4. The van der Waals surface area contributed by atoms with Gasteiger partial charge in [0.25, 0.3) is 0 Å². The second-order valence-electron chi connectivity index (χ2n) is 3.86. The summed E-state index contributed by atoms with van der Waals surface area (Å²) in [5.74, 6) is 3.31. The molecule has 1 aromatic rings. The summed E-state index contributed by atoms with van der Waals surface area (Å²) in [6.07, 6.45) is -3.95. The van der Waals surface area contributed by atoms with Crippen LogP contribution in [-0.2, 0) is 15.7 Å². The van der Waals surface area contributed by atoms with E-state index in [2.05, 4.69) is 9.97 Å². The van der Waals surface area contributed by atoms with Gasteiger partial charge in [-0.3, -0.25) is 0 Å². The molecule has 0 saturated heterocycles. The maximum Gasteiger partial charge on any atom is 0.451 e. The van der Waals surface area contributed by atoms with Gasteiger partial charge in [0.05, 0.1) is 6.61 Å². The summed E-state index contributed by atoms with van der Waals surface area (Å²) >= 11 is 0. The number of alkyl halides is 3. The van der Waals surface area contributed by atoms with Crippen LogP contribution in [0.5, 0.6) is 5.88 Å². The van der Waals surface area contributed by atoms with Crippen molar-refractivity contribution in [3.63, 3.8) is 0 Å². The first kappa shape index (κ1) is 17.4. The lowest BCUT2D eigenvalue weighted by Gasteiger charge is -2.11.